The van der Waals surface area contributed by atoms with Crippen molar-refractivity contribution in [2.45, 2.75) is 58.5 Å². The predicted molar refractivity (Wildman–Crippen MR) is 129 cm³/mol. The summed E-state index contributed by atoms with van der Waals surface area (Å²) in [5.74, 6) is 0.738. The van der Waals surface area contributed by atoms with Gasteiger partial charge in [0.05, 0.1) is 18.1 Å². The minimum atomic E-state index is 0.0124. The number of likely N-dealkylation sites (tertiary alicyclic amines) is 1. The van der Waals surface area contributed by atoms with Crippen molar-refractivity contribution >= 4 is 22.6 Å². The Morgan fingerprint density at radius 2 is 2.09 bits per heavy atom. The number of aromatic nitrogens is 3. The fourth-order valence-corrected chi connectivity index (χ4v) is 4.44. The van der Waals surface area contributed by atoms with Crippen LogP contribution in [0.25, 0.3) is 10.9 Å². The number of H-pyrrole nitrogens is 1. The molecule has 0 spiro atoms. The molecule has 1 aliphatic rings. The third-order valence-electron chi connectivity index (χ3n) is 6.37. The van der Waals surface area contributed by atoms with E-state index in [2.05, 4.69) is 62.8 Å². The molecule has 32 heavy (non-hydrogen) atoms. The van der Waals surface area contributed by atoms with E-state index in [4.69, 9.17) is 0 Å². The van der Waals surface area contributed by atoms with Crippen molar-refractivity contribution in [2.24, 2.45) is 0 Å². The molecule has 0 bridgehead atoms. The van der Waals surface area contributed by atoms with Crippen molar-refractivity contribution < 1.29 is 4.79 Å². The second-order valence-corrected chi connectivity index (χ2v) is 8.96. The third-order valence-corrected chi connectivity index (χ3v) is 6.37. The summed E-state index contributed by atoms with van der Waals surface area (Å²) in [6, 6.07) is 11.2. The van der Waals surface area contributed by atoms with Crippen LogP contribution in [0, 0.1) is 13.8 Å². The van der Waals surface area contributed by atoms with Crippen LogP contribution in [-0.4, -0.2) is 57.7 Å². The number of carbonyl (C=O) groups is 1. The van der Waals surface area contributed by atoms with Crippen molar-refractivity contribution in [1.29, 1.82) is 0 Å². The lowest BCUT2D eigenvalue weighted by atomic mass is 9.98. The van der Waals surface area contributed by atoms with Gasteiger partial charge in [-0.1, -0.05) is 24.6 Å². The standard InChI is InChI=1S/C25H34N6O/c1-4-21(7-5-6-19-10-9-18(3)26-13-19)31-15-20(16-31)28-24(32)14-27-25-22-12-17(2)8-11-23(22)29-30-25/h8-13,20-21H,4-7,14-16H2,1-3H3,(H,28,32)(H2,27,29,30)/t21-/m0/s1. The smallest absolute Gasteiger partial charge is 0.239 e. The molecule has 2 aromatic heterocycles. The molecule has 7 heteroatoms. The molecular weight excluding hydrogens is 400 g/mol. The Balaban J connectivity index is 1.17. The molecule has 170 valence electrons. The van der Waals surface area contributed by atoms with E-state index >= 15 is 0 Å². The number of nitrogens with one attached hydrogen (secondary N) is 3. The number of hydrogen-bond donors (Lipinski definition) is 3. The van der Waals surface area contributed by atoms with Crippen molar-refractivity contribution in [3.63, 3.8) is 0 Å². The van der Waals surface area contributed by atoms with Crippen LogP contribution in [0.5, 0.6) is 0 Å². The van der Waals surface area contributed by atoms with Crippen molar-refractivity contribution in [2.75, 3.05) is 25.0 Å². The van der Waals surface area contributed by atoms with Crippen molar-refractivity contribution in [3.8, 4) is 0 Å². The molecule has 3 N–H and O–H groups in total. The van der Waals surface area contributed by atoms with E-state index in [1.807, 2.05) is 25.3 Å². The number of hydrogen-bond acceptors (Lipinski definition) is 5. The normalized spacial score (nSPS) is 15.5. The Morgan fingerprint density at radius 3 is 2.84 bits per heavy atom. The lowest BCUT2D eigenvalue weighted by molar-refractivity contribution is -0.121. The van der Waals surface area contributed by atoms with E-state index in [9.17, 15) is 4.79 Å². The number of aromatic amines is 1. The second-order valence-electron chi connectivity index (χ2n) is 8.96. The molecule has 4 rings (SSSR count). The van der Waals surface area contributed by atoms with Gasteiger partial charge in [-0.25, -0.2) is 0 Å². The fourth-order valence-electron chi connectivity index (χ4n) is 4.44. The molecule has 0 saturated carbocycles. The van der Waals surface area contributed by atoms with Gasteiger partial charge in [0, 0.05) is 36.4 Å². The maximum atomic E-state index is 12.4. The number of pyridine rings is 1. The highest BCUT2D eigenvalue weighted by Crippen LogP contribution is 2.22. The van der Waals surface area contributed by atoms with E-state index in [0.29, 0.717) is 6.04 Å². The topological polar surface area (TPSA) is 85.9 Å². The van der Waals surface area contributed by atoms with Crippen LogP contribution in [-0.2, 0) is 11.2 Å². The molecule has 7 nitrogen and oxygen atoms in total. The van der Waals surface area contributed by atoms with Gasteiger partial charge < -0.3 is 10.6 Å². The lowest BCUT2D eigenvalue weighted by Crippen LogP contribution is -2.62. The molecule has 1 amide bonds. The Labute approximate surface area is 190 Å². The Kier molecular flexibility index (Phi) is 7.05. The number of amides is 1. The Morgan fingerprint density at radius 1 is 1.25 bits per heavy atom. The highest BCUT2D eigenvalue weighted by atomic mass is 16.2. The molecule has 1 atom stereocenters. The maximum absolute atomic E-state index is 12.4. The van der Waals surface area contributed by atoms with Gasteiger partial charge in [0.15, 0.2) is 5.82 Å². The molecule has 1 saturated heterocycles. The van der Waals surface area contributed by atoms with Crippen LogP contribution in [0.2, 0.25) is 0 Å². The van der Waals surface area contributed by atoms with E-state index in [1.54, 1.807) is 0 Å². The van der Waals surface area contributed by atoms with E-state index in [1.165, 1.54) is 17.5 Å². The number of rotatable bonds is 10. The molecule has 1 aromatic carbocycles. The minimum absolute atomic E-state index is 0.0124. The predicted octanol–water partition coefficient (Wildman–Crippen LogP) is 3.59. The summed E-state index contributed by atoms with van der Waals surface area (Å²) in [4.78, 5) is 19.3. The lowest BCUT2D eigenvalue weighted by Gasteiger charge is -2.44. The molecule has 1 fully saturated rings. The first-order valence-corrected chi connectivity index (χ1v) is 11.7. The van der Waals surface area contributed by atoms with Gasteiger partial charge >= 0.3 is 0 Å². The van der Waals surface area contributed by atoms with Gasteiger partial charge in [0.2, 0.25) is 5.91 Å². The molecule has 0 radical (unpaired) electrons. The zero-order valence-electron chi connectivity index (χ0n) is 19.3. The van der Waals surface area contributed by atoms with E-state index in [-0.39, 0.29) is 18.5 Å². The van der Waals surface area contributed by atoms with E-state index in [0.717, 1.165) is 54.8 Å². The van der Waals surface area contributed by atoms with Gasteiger partial charge in [-0.2, -0.15) is 5.10 Å². The highest BCUT2D eigenvalue weighted by molar-refractivity contribution is 5.92. The Hall–Kier alpha value is -2.93. The van der Waals surface area contributed by atoms with Crippen LogP contribution in [0.15, 0.2) is 36.5 Å². The zero-order chi connectivity index (χ0) is 22.5. The molecule has 0 aliphatic carbocycles. The van der Waals surface area contributed by atoms with Crippen molar-refractivity contribution in [1.82, 2.24) is 25.4 Å². The summed E-state index contributed by atoms with van der Waals surface area (Å²) in [6.45, 7) is 8.41. The van der Waals surface area contributed by atoms with Crippen LogP contribution in [0.4, 0.5) is 5.82 Å². The zero-order valence-corrected chi connectivity index (χ0v) is 19.3. The summed E-state index contributed by atoms with van der Waals surface area (Å²) in [5, 5.41) is 14.6. The largest absolute Gasteiger partial charge is 0.359 e. The number of aryl methyl sites for hydroxylation is 3. The quantitative estimate of drug-likeness (QED) is 0.454. The maximum Gasteiger partial charge on any atom is 0.239 e. The van der Waals surface area contributed by atoms with Crippen LogP contribution in [0.1, 0.15) is 43.0 Å². The number of anilines is 1. The average Bonchev–Trinajstić information content (AvgIpc) is 3.16. The average molecular weight is 435 g/mol. The Bertz CT molecular complexity index is 1040. The second kappa shape index (κ2) is 10.1. The summed E-state index contributed by atoms with van der Waals surface area (Å²) in [5.41, 5.74) is 4.52. The molecule has 3 heterocycles. The third kappa shape index (κ3) is 5.46. The van der Waals surface area contributed by atoms with E-state index < -0.39 is 0 Å². The fraction of sp³-hybridized carbons (Fsp3) is 0.480. The van der Waals surface area contributed by atoms with Crippen molar-refractivity contribution in [3.05, 3.63) is 53.3 Å². The van der Waals surface area contributed by atoms with Crippen LogP contribution < -0.4 is 10.6 Å². The number of fused-ring (bicyclic) bond motifs is 1. The number of benzene rings is 1. The summed E-state index contributed by atoms with van der Waals surface area (Å²) < 4.78 is 0. The number of nitrogens with zero attached hydrogens (tertiary/aromatic N) is 3. The molecule has 0 unspecified atom stereocenters. The monoisotopic (exact) mass is 434 g/mol. The van der Waals surface area contributed by atoms with Gasteiger partial charge in [-0.05, 0) is 63.3 Å². The first kappa shape index (κ1) is 22.3. The molecule has 1 aliphatic heterocycles. The first-order chi connectivity index (χ1) is 15.5. The van der Waals surface area contributed by atoms with Gasteiger partial charge in [-0.3, -0.25) is 19.8 Å². The van der Waals surface area contributed by atoms with Gasteiger partial charge in [-0.15, -0.1) is 0 Å². The minimum Gasteiger partial charge on any atom is -0.359 e. The van der Waals surface area contributed by atoms with Crippen LogP contribution in [0.3, 0.4) is 0 Å². The first-order valence-electron chi connectivity index (χ1n) is 11.7. The summed E-state index contributed by atoms with van der Waals surface area (Å²) in [7, 11) is 0. The number of carbonyl (C=O) groups excluding carboxylic acids is 1. The SMILES string of the molecule is CC[C@@H](CCCc1ccc(C)nc1)N1CC(NC(=O)CNc2n[nH]c3ccc(C)cc23)C1. The van der Waals surface area contributed by atoms with Gasteiger partial charge in [0.25, 0.3) is 0 Å². The summed E-state index contributed by atoms with van der Waals surface area (Å²) in [6.07, 6.45) is 6.55. The van der Waals surface area contributed by atoms with Crippen LogP contribution >= 0.6 is 0 Å². The summed E-state index contributed by atoms with van der Waals surface area (Å²) >= 11 is 0. The highest BCUT2D eigenvalue weighted by Gasteiger charge is 2.32. The molecular formula is C25H34N6O. The molecule has 3 aromatic rings. The van der Waals surface area contributed by atoms with Gasteiger partial charge in [0.1, 0.15) is 0 Å².